The van der Waals surface area contributed by atoms with Crippen molar-refractivity contribution in [2.75, 3.05) is 16.5 Å². The molecule has 6 aromatic rings. The third kappa shape index (κ3) is 8.64. The van der Waals surface area contributed by atoms with Gasteiger partial charge in [0.05, 0.1) is 17.7 Å². The number of ether oxygens (including phenoxy) is 1. The molecule has 2 aromatic heterocycles. The van der Waals surface area contributed by atoms with Crippen molar-refractivity contribution in [1.29, 1.82) is 0 Å². The van der Waals surface area contributed by atoms with Crippen molar-refractivity contribution in [1.82, 2.24) is 9.55 Å². The minimum absolute atomic E-state index is 0.00339. The van der Waals surface area contributed by atoms with Crippen LogP contribution in [0, 0.1) is 17.3 Å². The van der Waals surface area contributed by atoms with Gasteiger partial charge in [-0.15, -0.1) is 0 Å². The van der Waals surface area contributed by atoms with Crippen molar-refractivity contribution in [3.05, 3.63) is 131 Å². The molecule has 0 atom stereocenters. The van der Waals surface area contributed by atoms with Crippen molar-refractivity contribution in [2.24, 2.45) is 17.3 Å². The second-order valence-electron chi connectivity index (χ2n) is 20.3. The fourth-order valence-electron chi connectivity index (χ4n) is 8.18. The molecule has 5 nitrogen and oxygen atoms in total. The zero-order chi connectivity index (χ0) is 41.0. The number of nitrogens with zero attached hydrogens (tertiary/aromatic N) is 4. The summed E-state index contributed by atoms with van der Waals surface area (Å²) in [4.78, 5) is 9.85. The van der Waals surface area contributed by atoms with Gasteiger partial charge >= 0.3 is 0 Å². The molecule has 5 heteroatoms. The van der Waals surface area contributed by atoms with Crippen molar-refractivity contribution < 1.29 is 4.74 Å². The fourth-order valence-corrected chi connectivity index (χ4v) is 8.18. The zero-order valence-corrected chi connectivity index (χ0v) is 36.8. The number of allylic oxidation sites excluding steroid dienone is 1. The standard InChI is InChI=1S/C52H64N4O/c1-34(2)22-36-24-37(23-35(3)4)26-40(25-36)54-32-48(52(11,12)13)55(33-54)41-27-39(51(8,9)10)28-43(30-41)57-42-18-19-45-44-16-14-15-17-46(44)56(47(45)31-42)49-29-38(20-21-53-49)50(5,6)7/h14-21,24-32,34-35H,22-23,33H2,1-13H3. The lowest BCUT2D eigenvalue weighted by molar-refractivity contribution is 0.477. The molecule has 0 bridgehead atoms. The first-order valence-corrected chi connectivity index (χ1v) is 21.0. The Morgan fingerprint density at radius 1 is 0.596 bits per heavy atom. The molecule has 1 aliphatic heterocycles. The van der Waals surface area contributed by atoms with Gasteiger partial charge in [0.2, 0.25) is 0 Å². The highest BCUT2D eigenvalue weighted by molar-refractivity contribution is 6.09. The van der Waals surface area contributed by atoms with E-state index in [9.17, 15) is 0 Å². The average molecular weight is 761 g/mol. The summed E-state index contributed by atoms with van der Waals surface area (Å²) >= 11 is 0. The molecule has 0 amide bonds. The van der Waals surface area contributed by atoms with Crippen LogP contribution in [0.1, 0.15) is 112 Å². The fraction of sp³-hybridized carbons (Fsp3) is 0.404. The Balaban J connectivity index is 1.30. The maximum atomic E-state index is 6.93. The predicted octanol–water partition coefficient (Wildman–Crippen LogP) is 14.1. The highest BCUT2D eigenvalue weighted by Crippen LogP contribution is 2.43. The van der Waals surface area contributed by atoms with Crippen LogP contribution in [0.5, 0.6) is 11.5 Å². The maximum absolute atomic E-state index is 6.93. The molecular weight excluding hydrogens is 697 g/mol. The molecule has 0 N–H and O–H groups in total. The topological polar surface area (TPSA) is 33.5 Å². The van der Waals surface area contributed by atoms with E-state index in [1.165, 1.54) is 44.4 Å². The van der Waals surface area contributed by atoms with Crippen LogP contribution in [0.15, 0.2) is 109 Å². The molecule has 0 unspecified atom stereocenters. The zero-order valence-electron chi connectivity index (χ0n) is 36.8. The Bertz CT molecular complexity index is 2420. The van der Waals surface area contributed by atoms with Crippen LogP contribution in [0.25, 0.3) is 27.6 Å². The van der Waals surface area contributed by atoms with Gasteiger partial charge in [-0.2, -0.15) is 0 Å². The Kier molecular flexibility index (Phi) is 10.6. The third-order valence-electron chi connectivity index (χ3n) is 11.1. The van der Waals surface area contributed by atoms with E-state index in [4.69, 9.17) is 9.72 Å². The quantitative estimate of drug-likeness (QED) is 0.147. The minimum Gasteiger partial charge on any atom is -0.457 e. The van der Waals surface area contributed by atoms with E-state index < -0.39 is 0 Å². The largest absolute Gasteiger partial charge is 0.457 e. The molecule has 7 rings (SSSR count). The summed E-state index contributed by atoms with van der Waals surface area (Å²) in [5.41, 5.74) is 11.1. The Hall–Kier alpha value is -5.03. The molecule has 57 heavy (non-hydrogen) atoms. The lowest BCUT2D eigenvalue weighted by Crippen LogP contribution is -2.31. The number of aromatic nitrogens is 2. The van der Waals surface area contributed by atoms with Crippen LogP contribution in [-0.4, -0.2) is 16.2 Å². The molecule has 4 aromatic carbocycles. The van der Waals surface area contributed by atoms with Gasteiger partial charge in [0, 0.05) is 57.8 Å². The van der Waals surface area contributed by atoms with E-state index in [0.29, 0.717) is 11.8 Å². The number of rotatable bonds is 9. The van der Waals surface area contributed by atoms with E-state index in [-0.39, 0.29) is 16.2 Å². The van der Waals surface area contributed by atoms with Crippen LogP contribution in [0.4, 0.5) is 11.4 Å². The Morgan fingerprint density at radius 3 is 1.88 bits per heavy atom. The van der Waals surface area contributed by atoms with Gasteiger partial charge in [-0.3, -0.25) is 4.57 Å². The molecule has 1 aliphatic rings. The summed E-state index contributed by atoms with van der Waals surface area (Å²) in [6, 6.07) is 33.5. The Labute approximate surface area is 342 Å². The number of hydrogen-bond donors (Lipinski definition) is 0. The SMILES string of the molecule is CC(C)Cc1cc(CC(C)C)cc(N2C=C(C(C)(C)C)N(c3cc(Oc4ccc5c6ccccc6n(-c6cc(C(C)(C)C)ccn6)c5c4)cc(C(C)(C)C)c3)C2)c1. The van der Waals surface area contributed by atoms with Crippen LogP contribution in [0.3, 0.4) is 0 Å². The lowest BCUT2D eigenvalue weighted by Gasteiger charge is -2.32. The number of hydrogen-bond acceptors (Lipinski definition) is 4. The average Bonchev–Trinajstić information content (AvgIpc) is 3.71. The van der Waals surface area contributed by atoms with Crippen molar-refractivity contribution in [2.45, 2.75) is 114 Å². The van der Waals surface area contributed by atoms with Crippen LogP contribution >= 0.6 is 0 Å². The summed E-state index contributed by atoms with van der Waals surface area (Å²) in [6.07, 6.45) is 6.47. The third-order valence-corrected chi connectivity index (χ3v) is 11.1. The molecule has 0 saturated heterocycles. The van der Waals surface area contributed by atoms with E-state index in [1.807, 2.05) is 6.20 Å². The van der Waals surface area contributed by atoms with Crippen molar-refractivity contribution in [3.8, 4) is 17.3 Å². The molecule has 0 fully saturated rings. The summed E-state index contributed by atoms with van der Waals surface area (Å²) < 4.78 is 9.22. The molecule has 0 saturated carbocycles. The van der Waals surface area contributed by atoms with Gasteiger partial charge < -0.3 is 14.5 Å². The van der Waals surface area contributed by atoms with E-state index in [1.54, 1.807) is 0 Å². The molecule has 0 aliphatic carbocycles. The first-order valence-electron chi connectivity index (χ1n) is 21.0. The number of pyridine rings is 1. The van der Waals surface area contributed by atoms with Gasteiger partial charge in [-0.1, -0.05) is 114 Å². The van der Waals surface area contributed by atoms with Crippen molar-refractivity contribution >= 4 is 33.2 Å². The normalized spacial score (nSPS) is 14.1. The molecule has 0 radical (unpaired) electrons. The van der Waals surface area contributed by atoms with E-state index in [2.05, 4.69) is 202 Å². The molecule has 298 valence electrons. The smallest absolute Gasteiger partial charge is 0.137 e. The van der Waals surface area contributed by atoms with Gasteiger partial charge in [0.1, 0.15) is 17.3 Å². The monoisotopic (exact) mass is 761 g/mol. The van der Waals surface area contributed by atoms with Crippen LogP contribution < -0.4 is 14.5 Å². The van der Waals surface area contributed by atoms with Gasteiger partial charge in [-0.25, -0.2) is 4.98 Å². The Morgan fingerprint density at radius 2 is 1.25 bits per heavy atom. The highest BCUT2D eigenvalue weighted by atomic mass is 16.5. The number of benzene rings is 4. The summed E-state index contributed by atoms with van der Waals surface area (Å²) in [7, 11) is 0. The minimum atomic E-state index is -0.0871. The summed E-state index contributed by atoms with van der Waals surface area (Å²) in [6.45, 7) is 30.5. The first kappa shape index (κ1) is 40.2. The van der Waals surface area contributed by atoms with Gasteiger partial charge in [0.25, 0.3) is 0 Å². The number of fused-ring (bicyclic) bond motifs is 3. The summed E-state index contributed by atoms with van der Waals surface area (Å²) in [5, 5.41) is 2.38. The number of para-hydroxylation sites is 1. The first-order chi connectivity index (χ1) is 26.7. The van der Waals surface area contributed by atoms with Crippen LogP contribution in [0.2, 0.25) is 0 Å². The maximum Gasteiger partial charge on any atom is 0.137 e. The van der Waals surface area contributed by atoms with E-state index in [0.717, 1.165) is 53.5 Å². The van der Waals surface area contributed by atoms with Crippen molar-refractivity contribution in [3.63, 3.8) is 0 Å². The number of anilines is 2. The van der Waals surface area contributed by atoms with Crippen LogP contribution in [-0.2, 0) is 23.7 Å². The molecule has 3 heterocycles. The predicted molar refractivity (Wildman–Crippen MR) is 243 cm³/mol. The van der Waals surface area contributed by atoms with Gasteiger partial charge in [0.15, 0.2) is 0 Å². The molecule has 0 spiro atoms. The highest BCUT2D eigenvalue weighted by Gasteiger charge is 2.33. The second-order valence-corrected chi connectivity index (χ2v) is 20.3. The van der Waals surface area contributed by atoms with Gasteiger partial charge in [-0.05, 0) is 112 Å². The summed E-state index contributed by atoms with van der Waals surface area (Å²) in [5.74, 6) is 3.74. The lowest BCUT2D eigenvalue weighted by atomic mass is 9.86. The van der Waals surface area contributed by atoms with E-state index >= 15 is 0 Å². The second kappa shape index (κ2) is 15.0. The molecular formula is C52H64N4O.